The van der Waals surface area contributed by atoms with Crippen LogP contribution in [-0.2, 0) is 9.59 Å². The van der Waals surface area contributed by atoms with Gasteiger partial charge in [0.1, 0.15) is 5.78 Å². The number of nitrogens with zero attached hydrogens (tertiary/aromatic N) is 1. The average Bonchev–Trinajstić information content (AvgIpc) is 2.48. The Morgan fingerprint density at radius 3 is 1.71 bits per heavy atom. The van der Waals surface area contributed by atoms with Gasteiger partial charge in [-0.25, -0.2) is 4.79 Å². The minimum Gasteiger partial charge on any atom is -0.477 e. The minimum absolute atomic E-state index is 0.145. The zero-order chi connectivity index (χ0) is 18.3. The molecule has 0 aliphatic carbocycles. The van der Waals surface area contributed by atoms with Crippen molar-refractivity contribution in [1.29, 1.82) is 0 Å². The summed E-state index contributed by atoms with van der Waals surface area (Å²) >= 11 is 0. The molecule has 0 bridgehead atoms. The molecule has 4 heteroatoms. The molecular formula is C20H40NO3+. The highest BCUT2D eigenvalue weighted by atomic mass is 16.4. The molecule has 0 heterocycles. The van der Waals surface area contributed by atoms with Crippen molar-refractivity contribution >= 4 is 11.8 Å². The number of hydrogen-bond donors (Lipinski definition) is 1. The lowest BCUT2D eigenvalue weighted by atomic mass is 10.0. The van der Waals surface area contributed by atoms with Crippen molar-refractivity contribution < 1.29 is 19.2 Å². The van der Waals surface area contributed by atoms with E-state index in [4.69, 9.17) is 5.11 Å². The van der Waals surface area contributed by atoms with E-state index in [1.165, 1.54) is 51.4 Å². The van der Waals surface area contributed by atoms with Gasteiger partial charge in [0.15, 0.2) is 6.54 Å². The summed E-state index contributed by atoms with van der Waals surface area (Å²) < 4.78 is 0.488. The fraction of sp³-hybridized carbons (Fsp3) is 0.900. The first-order valence-corrected chi connectivity index (χ1v) is 9.93. The van der Waals surface area contributed by atoms with E-state index in [2.05, 4.69) is 6.92 Å². The predicted octanol–water partition coefficient (Wildman–Crippen LogP) is 4.81. The molecule has 142 valence electrons. The molecule has 0 saturated carbocycles. The van der Waals surface area contributed by atoms with Crippen LogP contribution in [0.5, 0.6) is 0 Å². The summed E-state index contributed by atoms with van der Waals surface area (Å²) in [4.78, 5) is 22.6. The van der Waals surface area contributed by atoms with E-state index in [1.807, 2.05) is 14.1 Å². The number of Topliss-reactive ketones (excluding diaryl/α,β-unsaturated/α-hetero) is 1. The summed E-state index contributed by atoms with van der Waals surface area (Å²) in [5, 5.41) is 8.84. The van der Waals surface area contributed by atoms with E-state index >= 15 is 0 Å². The number of rotatable bonds is 17. The van der Waals surface area contributed by atoms with Crippen LogP contribution in [0.2, 0.25) is 0 Å². The predicted molar refractivity (Wildman–Crippen MR) is 100 cm³/mol. The Morgan fingerprint density at radius 1 is 0.750 bits per heavy atom. The zero-order valence-corrected chi connectivity index (χ0v) is 16.3. The second-order valence-corrected chi connectivity index (χ2v) is 7.79. The van der Waals surface area contributed by atoms with Gasteiger partial charge in [-0.05, 0) is 19.3 Å². The maximum atomic E-state index is 11.9. The molecule has 1 N–H and O–H groups in total. The van der Waals surface area contributed by atoms with E-state index in [1.54, 1.807) is 0 Å². The second kappa shape index (κ2) is 14.4. The monoisotopic (exact) mass is 342 g/mol. The van der Waals surface area contributed by atoms with Crippen LogP contribution in [0.1, 0.15) is 90.4 Å². The van der Waals surface area contributed by atoms with Gasteiger partial charge < -0.3 is 9.59 Å². The van der Waals surface area contributed by atoms with Crippen LogP contribution in [-0.4, -0.2) is 48.5 Å². The third-order valence-corrected chi connectivity index (χ3v) is 4.59. The lowest BCUT2D eigenvalue weighted by Gasteiger charge is -2.27. The number of ketones is 1. The first-order chi connectivity index (χ1) is 11.4. The molecule has 0 rings (SSSR count). The number of unbranched alkanes of at least 4 members (excludes halogenated alkanes) is 9. The number of likely N-dealkylation sites (N-methyl/N-ethyl adjacent to an activating group) is 1. The number of carboxylic acid groups (broad SMARTS) is 1. The molecule has 0 fully saturated rings. The van der Waals surface area contributed by atoms with Crippen LogP contribution in [0.25, 0.3) is 0 Å². The molecule has 0 amide bonds. The first-order valence-electron chi connectivity index (χ1n) is 9.93. The topological polar surface area (TPSA) is 54.4 Å². The Kier molecular flexibility index (Phi) is 13.9. The molecule has 4 nitrogen and oxygen atoms in total. The van der Waals surface area contributed by atoms with Crippen molar-refractivity contribution in [3.05, 3.63) is 0 Å². The van der Waals surface area contributed by atoms with E-state index in [-0.39, 0.29) is 6.54 Å². The summed E-state index contributed by atoms with van der Waals surface area (Å²) in [5.41, 5.74) is 0. The molecule has 0 aliphatic rings. The van der Waals surface area contributed by atoms with Crippen LogP contribution in [0.4, 0.5) is 0 Å². The summed E-state index contributed by atoms with van der Waals surface area (Å²) in [6.45, 7) is 3.21. The molecule has 0 atom stereocenters. The van der Waals surface area contributed by atoms with E-state index in [0.717, 1.165) is 32.2 Å². The Hall–Kier alpha value is -0.900. The highest BCUT2D eigenvalue weighted by Gasteiger charge is 2.18. The first kappa shape index (κ1) is 23.1. The molecule has 0 aromatic heterocycles. The quantitative estimate of drug-likeness (QED) is 0.305. The molecule has 0 aliphatic heterocycles. The third-order valence-electron chi connectivity index (χ3n) is 4.59. The van der Waals surface area contributed by atoms with Crippen LogP contribution in [0, 0.1) is 0 Å². The zero-order valence-electron chi connectivity index (χ0n) is 16.3. The number of quaternary nitrogens is 1. The smallest absolute Gasteiger partial charge is 0.359 e. The van der Waals surface area contributed by atoms with Gasteiger partial charge in [0.2, 0.25) is 0 Å². The standard InChI is InChI=1S/C20H39NO3/c1-4-5-6-7-8-9-10-11-12-15-19(22)16-13-14-17-21(2,3)18-20(23)24/h4-18H2,1-3H3/p+1. The Morgan fingerprint density at radius 2 is 1.21 bits per heavy atom. The molecule has 0 radical (unpaired) electrons. The van der Waals surface area contributed by atoms with Crippen LogP contribution < -0.4 is 0 Å². The van der Waals surface area contributed by atoms with Crippen molar-refractivity contribution in [2.75, 3.05) is 27.2 Å². The summed E-state index contributed by atoms with van der Waals surface area (Å²) in [7, 11) is 3.86. The number of carbonyl (C=O) groups is 2. The average molecular weight is 343 g/mol. The third kappa shape index (κ3) is 16.0. The Balaban J connectivity index is 3.43. The molecule has 24 heavy (non-hydrogen) atoms. The van der Waals surface area contributed by atoms with Gasteiger partial charge in [-0.2, -0.15) is 0 Å². The SMILES string of the molecule is CCCCCCCCCCCC(=O)CCCC[N+](C)(C)CC(=O)O. The summed E-state index contributed by atoms with van der Waals surface area (Å²) in [6.07, 6.45) is 14.7. The van der Waals surface area contributed by atoms with Crippen LogP contribution in [0.3, 0.4) is 0 Å². The van der Waals surface area contributed by atoms with Gasteiger partial charge in [-0.1, -0.05) is 58.3 Å². The van der Waals surface area contributed by atoms with Crippen molar-refractivity contribution in [1.82, 2.24) is 0 Å². The van der Waals surface area contributed by atoms with Crippen molar-refractivity contribution in [3.63, 3.8) is 0 Å². The molecule has 0 spiro atoms. The lowest BCUT2D eigenvalue weighted by molar-refractivity contribution is -0.883. The van der Waals surface area contributed by atoms with Gasteiger partial charge in [-0.15, -0.1) is 0 Å². The van der Waals surface area contributed by atoms with Crippen LogP contribution >= 0.6 is 0 Å². The summed E-state index contributed by atoms with van der Waals surface area (Å²) in [6, 6.07) is 0. The fourth-order valence-electron chi connectivity index (χ4n) is 3.07. The van der Waals surface area contributed by atoms with Gasteiger partial charge in [0.25, 0.3) is 0 Å². The highest BCUT2D eigenvalue weighted by molar-refractivity contribution is 5.78. The summed E-state index contributed by atoms with van der Waals surface area (Å²) in [5.74, 6) is -0.386. The van der Waals surface area contributed by atoms with Gasteiger partial charge in [-0.3, -0.25) is 4.79 Å². The maximum absolute atomic E-state index is 11.9. The molecule has 0 unspecified atom stereocenters. The number of carboxylic acids is 1. The Bertz CT molecular complexity index is 340. The van der Waals surface area contributed by atoms with Crippen molar-refractivity contribution in [2.45, 2.75) is 90.4 Å². The number of hydrogen-bond acceptors (Lipinski definition) is 2. The normalized spacial score (nSPS) is 11.6. The van der Waals surface area contributed by atoms with Crippen molar-refractivity contribution in [3.8, 4) is 0 Å². The van der Waals surface area contributed by atoms with Gasteiger partial charge >= 0.3 is 5.97 Å². The lowest BCUT2D eigenvalue weighted by Crippen LogP contribution is -2.44. The van der Waals surface area contributed by atoms with Gasteiger partial charge in [0, 0.05) is 12.8 Å². The largest absolute Gasteiger partial charge is 0.477 e. The molecule has 0 aromatic carbocycles. The fourth-order valence-corrected chi connectivity index (χ4v) is 3.07. The maximum Gasteiger partial charge on any atom is 0.359 e. The second-order valence-electron chi connectivity index (χ2n) is 7.79. The van der Waals surface area contributed by atoms with Crippen LogP contribution in [0.15, 0.2) is 0 Å². The molecule has 0 aromatic rings. The molecule has 0 saturated heterocycles. The molecular weight excluding hydrogens is 302 g/mol. The van der Waals surface area contributed by atoms with E-state index in [0.29, 0.717) is 16.7 Å². The Labute approximate surface area is 149 Å². The van der Waals surface area contributed by atoms with E-state index < -0.39 is 5.97 Å². The minimum atomic E-state index is -0.763. The number of carbonyl (C=O) groups excluding carboxylic acids is 1. The van der Waals surface area contributed by atoms with Crippen molar-refractivity contribution in [2.24, 2.45) is 0 Å². The highest BCUT2D eigenvalue weighted by Crippen LogP contribution is 2.12. The number of aliphatic carboxylic acids is 1. The van der Waals surface area contributed by atoms with E-state index in [9.17, 15) is 9.59 Å². The van der Waals surface area contributed by atoms with Gasteiger partial charge in [0.05, 0.1) is 20.6 Å².